The number of carbonyl (C=O) groups is 1. The minimum Gasteiger partial charge on any atom is -0.342 e. The van der Waals surface area contributed by atoms with E-state index < -0.39 is 18.0 Å². The van der Waals surface area contributed by atoms with E-state index in [-0.39, 0.29) is 18.7 Å². The fourth-order valence-electron chi connectivity index (χ4n) is 2.98. The molecule has 2 atom stereocenters. The quantitative estimate of drug-likeness (QED) is 0.819. The summed E-state index contributed by atoms with van der Waals surface area (Å²) in [5, 5.41) is 0. The maximum atomic E-state index is 12.9. The van der Waals surface area contributed by atoms with Crippen LogP contribution in [0.15, 0.2) is 0 Å². The Balaban J connectivity index is 2.68. The molecule has 1 saturated carbocycles. The van der Waals surface area contributed by atoms with Gasteiger partial charge in [-0.25, -0.2) is 0 Å². The molecule has 2 N–H and O–H groups in total. The number of hydrogen-bond donors (Lipinski definition) is 1. The lowest BCUT2D eigenvalue weighted by Gasteiger charge is -2.34. The van der Waals surface area contributed by atoms with Crippen molar-refractivity contribution in [2.75, 3.05) is 19.6 Å². The molecule has 0 spiro atoms. The highest BCUT2D eigenvalue weighted by molar-refractivity contribution is 5.79. The highest BCUT2D eigenvalue weighted by atomic mass is 19.4. The first-order valence-electron chi connectivity index (χ1n) is 7.81. The molecule has 0 aromatic heterocycles. The Kier molecular flexibility index (Phi) is 6.97. The van der Waals surface area contributed by atoms with E-state index in [1.54, 1.807) is 4.90 Å². The summed E-state index contributed by atoms with van der Waals surface area (Å²) in [6, 6.07) is 0. The molecule has 0 aromatic rings. The van der Waals surface area contributed by atoms with Gasteiger partial charge < -0.3 is 10.6 Å². The first kappa shape index (κ1) is 18.3. The Morgan fingerprint density at radius 3 is 2.52 bits per heavy atom. The number of carbonyl (C=O) groups excluding carboxylic acids is 1. The first-order chi connectivity index (χ1) is 9.75. The average Bonchev–Trinajstić information content (AvgIpc) is 2.41. The van der Waals surface area contributed by atoms with Gasteiger partial charge in [0.2, 0.25) is 5.91 Å². The maximum absolute atomic E-state index is 12.9. The normalized spacial score (nSPS) is 23.4. The van der Waals surface area contributed by atoms with E-state index in [1.807, 2.05) is 13.8 Å². The Hall–Kier alpha value is -0.780. The summed E-state index contributed by atoms with van der Waals surface area (Å²) in [6.45, 7) is 5.62. The molecule has 6 heteroatoms. The molecule has 1 rings (SSSR count). The summed E-state index contributed by atoms with van der Waals surface area (Å²) in [5.41, 5.74) is 5.48. The van der Waals surface area contributed by atoms with E-state index >= 15 is 0 Å². The molecule has 124 valence electrons. The molecule has 1 fully saturated rings. The third-order valence-corrected chi connectivity index (χ3v) is 4.02. The van der Waals surface area contributed by atoms with Gasteiger partial charge >= 0.3 is 6.18 Å². The molecule has 3 nitrogen and oxygen atoms in total. The Morgan fingerprint density at radius 2 is 2.00 bits per heavy atom. The summed E-state index contributed by atoms with van der Waals surface area (Å²) in [6.07, 6.45) is -2.34. The van der Waals surface area contributed by atoms with Crippen LogP contribution < -0.4 is 5.73 Å². The van der Waals surface area contributed by atoms with Gasteiger partial charge in [-0.15, -0.1) is 0 Å². The van der Waals surface area contributed by atoms with Crippen molar-refractivity contribution in [3.8, 4) is 0 Å². The molecular weight excluding hydrogens is 281 g/mol. The van der Waals surface area contributed by atoms with E-state index in [0.29, 0.717) is 44.8 Å². The first-order valence-corrected chi connectivity index (χ1v) is 7.81. The third-order valence-electron chi connectivity index (χ3n) is 4.02. The number of amides is 1. The molecule has 0 aliphatic heterocycles. The second kappa shape index (κ2) is 8.01. The van der Waals surface area contributed by atoms with Gasteiger partial charge in [-0.05, 0) is 38.1 Å². The van der Waals surface area contributed by atoms with Crippen LogP contribution in [-0.2, 0) is 4.79 Å². The SMILES string of the molecule is CC(C)CN(CCCN)C(=O)C1CCCC(C(F)(F)F)C1. The summed E-state index contributed by atoms with van der Waals surface area (Å²) in [5.74, 6) is -1.63. The largest absolute Gasteiger partial charge is 0.391 e. The van der Waals surface area contributed by atoms with Crippen LogP contribution in [-0.4, -0.2) is 36.6 Å². The van der Waals surface area contributed by atoms with E-state index in [2.05, 4.69) is 0 Å². The fourth-order valence-corrected chi connectivity index (χ4v) is 2.98. The van der Waals surface area contributed by atoms with Crippen LogP contribution in [0.5, 0.6) is 0 Å². The van der Waals surface area contributed by atoms with Crippen LogP contribution in [0.2, 0.25) is 0 Å². The number of alkyl halides is 3. The number of nitrogens with zero attached hydrogens (tertiary/aromatic N) is 1. The molecule has 0 radical (unpaired) electrons. The summed E-state index contributed by atoms with van der Waals surface area (Å²) < 4.78 is 38.6. The molecule has 1 aliphatic rings. The van der Waals surface area contributed by atoms with Crippen molar-refractivity contribution < 1.29 is 18.0 Å². The lowest BCUT2D eigenvalue weighted by atomic mass is 9.80. The van der Waals surface area contributed by atoms with Crippen molar-refractivity contribution in [3.05, 3.63) is 0 Å². The lowest BCUT2D eigenvalue weighted by Crippen LogP contribution is -2.42. The highest BCUT2D eigenvalue weighted by Crippen LogP contribution is 2.40. The molecule has 2 unspecified atom stereocenters. The summed E-state index contributed by atoms with van der Waals surface area (Å²) >= 11 is 0. The zero-order chi connectivity index (χ0) is 16.0. The van der Waals surface area contributed by atoms with Gasteiger partial charge in [-0.2, -0.15) is 13.2 Å². The molecule has 0 aromatic carbocycles. The zero-order valence-electron chi connectivity index (χ0n) is 13.0. The predicted octanol–water partition coefficient (Wildman–Crippen LogP) is 3.19. The number of nitrogens with two attached hydrogens (primary N) is 1. The molecule has 1 aliphatic carbocycles. The standard InChI is InChI=1S/C15H27F3N2O/c1-11(2)10-20(8-4-7-19)14(21)12-5-3-6-13(9-12)15(16,17)18/h11-13H,3-10,19H2,1-2H3. The molecule has 21 heavy (non-hydrogen) atoms. The summed E-state index contributed by atoms with van der Waals surface area (Å²) in [7, 11) is 0. The fraction of sp³-hybridized carbons (Fsp3) is 0.933. The van der Waals surface area contributed by atoms with Gasteiger partial charge in [0, 0.05) is 19.0 Å². The Morgan fingerprint density at radius 1 is 1.33 bits per heavy atom. The smallest absolute Gasteiger partial charge is 0.342 e. The van der Waals surface area contributed by atoms with Crippen molar-refractivity contribution in [2.24, 2.45) is 23.5 Å². The third kappa shape index (κ3) is 5.85. The molecule has 0 bridgehead atoms. The molecule has 0 heterocycles. The minimum atomic E-state index is -4.18. The van der Waals surface area contributed by atoms with Crippen LogP contribution in [0, 0.1) is 17.8 Å². The van der Waals surface area contributed by atoms with Crippen molar-refractivity contribution in [3.63, 3.8) is 0 Å². The van der Waals surface area contributed by atoms with E-state index in [0.717, 1.165) is 0 Å². The van der Waals surface area contributed by atoms with Crippen LogP contribution in [0.4, 0.5) is 13.2 Å². The van der Waals surface area contributed by atoms with E-state index in [1.165, 1.54) is 0 Å². The molecule has 1 amide bonds. The Labute approximate surface area is 125 Å². The van der Waals surface area contributed by atoms with Crippen molar-refractivity contribution in [1.82, 2.24) is 4.90 Å². The Bertz CT molecular complexity index is 331. The van der Waals surface area contributed by atoms with Gasteiger partial charge in [0.15, 0.2) is 0 Å². The monoisotopic (exact) mass is 308 g/mol. The maximum Gasteiger partial charge on any atom is 0.391 e. The van der Waals surface area contributed by atoms with Gasteiger partial charge in [0.1, 0.15) is 0 Å². The van der Waals surface area contributed by atoms with Crippen LogP contribution in [0.1, 0.15) is 46.0 Å². The van der Waals surface area contributed by atoms with Crippen molar-refractivity contribution >= 4 is 5.91 Å². The zero-order valence-corrected chi connectivity index (χ0v) is 13.0. The second-order valence-corrected chi connectivity index (χ2v) is 6.42. The van der Waals surface area contributed by atoms with E-state index in [9.17, 15) is 18.0 Å². The highest BCUT2D eigenvalue weighted by Gasteiger charge is 2.44. The number of hydrogen-bond acceptors (Lipinski definition) is 2. The average molecular weight is 308 g/mol. The van der Waals surface area contributed by atoms with Crippen LogP contribution in [0.3, 0.4) is 0 Å². The van der Waals surface area contributed by atoms with Crippen LogP contribution in [0.25, 0.3) is 0 Å². The minimum absolute atomic E-state index is 0.0560. The summed E-state index contributed by atoms with van der Waals surface area (Å²) in [4.78, 5) is 14.2. The number of rotatable bonds is 6. The van der Waals surface area contributed by atoms with Gasteiger partial charge in [0.05, 0.1) is 5.92 Å². The molecular formula is C15H27F3N2O. The van der Waals surface area contributed by atoms with Crippen molar-refractivity contribution in [1.29, 1.82) is 0 Å². The number of halogens is 3. The van der Waals surface area contributed by atoms with Crippen molar-refractivity contribution in [2.45, 2.75) is 52.1 Å². The van der Waals surface area contributed by atoms with Gasteiger partial charge in [-0.3, -0.25) is 4.79 Å². The van der Waals surface area contributed by atoms with E-state index in [4.69, 9.17) is 5.73 Å². The second-order valence-electron chi connectivity index (χ2n) is 6.42. The topological polar surface area (TPSA) is 46.3 Å². The predicted molar refractivity (Wildman–Crippen MR) is 76.6 cm³/mol. The van der Waals surface area contributed by atoms with Gasteiger partial charge in [0.25, 0.3) is 0 Å². The van der Waals surface area contributed by atoms with Crippen LogP contribution >= 0.6 is 0 Å². The lowest BCUT2D eigenvalue weighted by molar-refractivity contribution is -0.187. The molecule has 0 saturated heterocycles. The van der Waals surface area contributed by atoms with Gasteiger partial charge in [-0.1, -0.05) is 20.3 Å².